The number of ether oxygens (including phenoxy) is 2. The second kappa shape index (κ2) is 9.22. The van der Waals surface area contributed by atoms with E-state index >= 15 is 0 Å². The van der Waals surface area contributed by atoms with Gasteiger partial charge in [-0.2, -0.15) is 0 Å². The van der Waals surface area contributed by atoms with Crippen molar-refractivity contribution in [2.24, 2.45) is 0 Å². The molecule has 4 aromatic rings. The van der Waals surface area contributed by atoms with Gasteiger partial charge >= 0.3 is 0 Å². The lowest BCUT2D eigenvalue weighted by Gasteiger charge is -2.23. The van der Waals surface area contributed by atoms with Crippen LogP contribution in [0.3, 0.4) is 0 Å². The zero-order valence-electron chi connectivity index (χ0n) is 18.7. The molecule has 1 saturated heterocycles. The summed E-state index contributed by atoms with van der Waals surface area (Å²) in [5, 5.41) is 0. The summed E-state index contributed by atoms with van der Waals surface area (Å²) in [6.45, 7) is 3.29. The molecule has 32 heavy (non-hydrogen) atoms. The molecule has 0 unspecified atom stereocenters. The van der Waals surface area contributed by atoms with Crippen LogP contribution in [0.1, 0.15) is 30.7 Å². The van der Waals surface area contributed by atoms with Crippen LogP contribution in [0.5, 0.6) is 5.88 Å². The Morgan fingerprint density at radius 2 is 1.97 bits per heavy atom. The van der Waals surface area contributed by atoms with Gasteiger partial charge in [-0.05, 0) is 57.0 Å². The van der Waals surface area contributed by atoms with Gasteiger partial charge in [0, 0.05) is 43.8 Å². The van der Waals surface area contributed by atoms with Gasteiger partial charge in [0.15, 0.2) is 5.65 Å². The Morgan fingerprint density at radius 3 is 2.75 bits per heavy atom. The van der Waals surface area contributed by atoms with Crippen LogP contribution in [0.15, 0.2) is 48.9 Å². The molecule has 0 bridgehead atoms. The first-order chi connectivity index (χ1) is 15.7. The molecule has 0 amide bonds. The molecule has 166 valence electrons. The Hall–Kier alpha value is -3.03. The zero-order chi connectivity index (χ0) is 21.9. The molecule has 7 nitrogen and oxygen atoms in total. The maximum Gasteiger partial charge on any atom is 0.213 e. The highest BCUT2D eigenvalue weighted by molar-refractivity contribution is 5.84. The zero-order valence-corrected chi connectivity index (χ0v) is 18.7. The minimum absolute atomic E-state index is 0.495. The molecule has 1 aromatic carbocycles. The smallest absolute Gasteiger partial charge is 0.213 e. The van der Waals surface area contributed by atoms with Gasteiger partial charge in [-0.15, -0.1) is 0 Å². The van der Waals surface area contributed by atoms with E-state index in [1.54, 1.807) is 0 Å². The van der Waals surface area contributed by atoms with Crippen LogP contribution in [-0.2, 0) is 4.74 Å². The molecule has 0 aliphatic carbocycles. The predicted molar refractivity (Wildman–Crippen MR) is 125 cm³/mol. The highest BCUT2D eigenvalue weighted by Crippen LogP contribution is 2.33. The average molecular weight is 432 g/mol. The van der Waals surface area contributed by atoms with E-state index in [2.05, 4.69) is 57.8 Å². The fraction of sp³-hybridized carbons (Fsp3) is 0.400. The number of hydrogen-bond acceptors (Lipinski definition) is 6. The first-order valence-corrected chi connectivity index (χ1v) is 11.3. The third-order valence-electron chi connectivity index (χ3n) is 6.03. The molecule has 0 N–H and O–H groups in total. The highest BCUT2D eigenvalue weighted by Gasteiger charge is 2.20. The number of para-hydroxylation sites is 1. The fourth-order valence-electron chi connectivity index (χ4n) is 4.36. The summed E-state index contributed by atoms with van der Waals surface area (Å²) in [5.74, 6) is 1.14. The number of pyridine rings is 1. The Labute approximate surface area is 188 Å². The van der Waals surface area contributed by atoms with Crippen LogP contribution in [0.2, 0.25) is 0 Å². The Morgan fingerprint density at radius 1 is 1.09 bits per heavy atom. The lowest BCUT2D eigenvalue weighted by Crippen LogP contribution is -2.15. The molecule has 1 fully saturated rings. The largest absolute Gasteiger partial charge is 0.478 e. The topological polar surface area (TPSA) is 64.8 Å². The van der Waals surface area contributed by atoms with Crippen molar-refractivity contribution >= 4 is 16.7 Å². The van der Waals surface area contributed by atoms with Crippen molar-refractivity contribution in [2.75, 3.05) is 40.5 Å². The van der Waals surface area contributed by atoms with Crippen molar-refractivity contribution in [1.29, 1.82) is 0 Å². The van der Waals surface area contributed by atoms with E-state index in [1.807, 2.05) is 24.5 Å². The van der Waals surface area contributed by atoms with E-state index in [0.29, 0.717) is 18.4 Å². The highest BCUT2D eigenvalue weighted by atomic mass is 16.5. The van der Waals surface area contributed by atoms with Gasteiger partial charge in [-0.1, -0.05) is 12.1 Å². The van der Waals surface area contributed by atoms with Crippen molar-refractivity contribution in [1.82, 2.24) is 24.3 Å². The van der Waals surface area contributed by atoms with Crippen molar-refractivity contribution in [3.05, 3.63) is 54.5 Å². The SMILES string of the molecule is CN(C)CCCOc1ccc(-c2cn3c(cn2)nc2cccc(C4CCOCC4)c23)cn1. The van der Waals surface area contributed by atoms with Crippen LogP contribution in [-0.4, -0.2) is 64.7 Å². The van der Waals surface area contributed by atoms with E-state index in [9.17, 15) is 0 Å². The van der Waals surface area contributed by atoms with E-state index in [0.717, 1.165) is 61.4 Å². The van der Waals surface area contributed by atoms with Gasteiger partial charge in [0.05, 0.1) is 29.5 Å². The van der Waals surface area contributed by atoms with Gasteiger partial charge in [-0.3, -0.25) is 9.38 Å². The van der Waals surface area contributed by atoms with Gasteiger partial charge < -0.3 is 14.4 Å². The number of rotatable bonds is 7. The maximum atomic E-state index is 5.76. The molecule has 4 heterocycles. The standard InChI is InChI=1S/C25H29N5O2/c1-29(2)11-4-12-32-24-8-7-19(15-27-24)22-17-30-23(16-26-22)28-21-6-3-5-20(25(21)30)18-9-13-31-14-10-18/h3,5-8,15-18H,4,9-14H2,1-2H3. The third kappa shape index (κ3) is 4.31. The summed E-state index contributed by atoms with van der Waals surface area (Å²) in [6, 6.07) is 10.3. The molecule has 0 spiro atoms. The summed E-state index contributed by atoms with van der Waals surface area (Å²) in [5.41, 5.74) is 6.20. The minimum Gasteiger partial charge on any atom is -0.478 e. The molecule has 0 radical (unpaired) electrons. The number of aromatic nitrogens is 4. The van der Waals surface area contributed by atoms with Gasteiger partial charge in [0.1, 0.15) is 0 Å². The van der Waals surface area contributed by atoms with Crippen LogP contribution in [0.4, 0.5) is 0 Å². The normalized spacial score (nSPS) is 15.1. The average Bonchev–Trinajstić information content (AvgIpc) is 3.21. The number of benzene rings is 1. The summed E-state index contributed by atoms with van der Waals surface area (Å²) in [6.07, 6.45) is 8.80. The van der Waals surface area contributed by atoms with Crippen molar-refractivity contribution < 1.29 is 9.47 Å². The fourth-order valence-corrected chi connectivity index (χ4v) is 4.36. The van der Waals surface area contributed by atoms with E-state index in [4.69, 9.17) is 14.5 Å². The number of hydrogen-bond donors (Lipinski definition) is 0. The molecular weight excluding hydrogens is 402 g/mol. The van der Waals surface area contributed by atoms with Crippen LogP contribution in [0, 0.1) is 0 Å². The van der Waals surface area contributed by atoms with Crippen LogP contribution in [0.25, 0.3) is 27.9 Å². The maximum absolute atomic E-state index is 5.76. The van der Waals surface area contributed by atoms with E-state index in [1.165, 1.54) is 11.1 Å². The summed E-state index contributed by atoms with van der Waals surface area (Å²) in [7, 11) is 4.12. The van der Waals surface area contributed by atoms with E-state index in [-0.39, 0.29) is 0 Å². The van der Waals surface area contributed by atoms with Crippen molar-refractivity contribution in [3.8, 4) is 17.1 Å². The van der Waals surface area contributed by atoms with Gasteiger partial charge in [0.25, 0.3) is 0 Å². The predicted octanol–water partition coefficient (Wildman–Crippen LogP) is 4.17. The lowest BCUT2D eigenvalue weighted by molar-refractivity contribution is 0.0855. The van der Waals surface area contributed by atoms with E-state index < -0.39 is 0 Å². The van der Waals surface area contributed by atoms with Crippen molar-refractivity contribution in [3.63, 3.8) is 0 Å². The number of imidazole rings is 1. The molecular formula is C25H29N5O2. The second-order valence-corrected chi connectivity index (χ2v) is 8.60. The molecule has 0 saturated carbocycles. The monoisotopic (exact) mass is 431 g/mol. The first kappa shape index (κ1) is 20.8. The second-order valence-electron chi connectivity index (χ2n) is 8.60. The first-order valence-electron chi connectivity index (χ1n) is 11.3. The Kier molecular flexibility index (Phi) is 6.01. The third-order valence-corrected chi connectivity index (χ3v) is 6.03. The summed E-state index contributed by atoms with van der Waals surface area (Å²) >= 11 is 0. The Balaban J connectivity index is 1.43. The quantitative estimate of drug-likeness (QED) is 0.409. The van der Waals surface area contributed by atoms with Gasteiger partial charge in [0.2, 0.25) is 5.88 Å². The van der Waals surface area contributed by atoms with Crippen molar-refractivity contribution in [2.45, 2.75) is 25.2 Å². The molecule has 5 rings (SSSR count). The van der Waals surface area contributed by atoms with Gasteiger partial charge in [-0.25, -0.2) is 9.97 Å². The molecule has 0 atom stereocenters. The Bertz CT molecular complexity index is 1200. The van der Waals surface area contributed by atoms with Crippen LogP contribution >= 0.6 is 0 Å². The minimum atomic E-state index is 0.495. The lowest BCUT2D eigenvalue weighted by atomic mass is 9.91. The molecule has 3 aromatic heterocycles. The summed E-state index contributed by atoms with van der Waals surface area (Å²) < 4.78 is 13.5. The summed E-state index contributed by atoms with van der Waals surface area (Å²) in [4.78, 5) is 16.1. The number of nitrogens with zero attached hydrogens (tertiary/aromatic N) is 5. The molecule has 1 aliphatic rings. The number of fused-ring (bicyclic) bond motifs is 3. The van der Waals surface area contributed by atoms with Crippen LogP contribution < -0.4 is 4.74 Å². The molecule has 7 heteroatoms. The molecule has 1 aliphatic heterocycles.